The monoisotopic (exact) mass is 484 g/mol. The lowest BCUT2D eigenvalue weighted by atomic mass is 10.1. The first-order valence-corrected chi connectivity index (χ1v) is 13.2. The summed E-state index contributed by atoms with van der Waals surface area (Å²) in [6.45, 7) is 5.07. The Labute approximate surface area is 196 Å². The molecule has 1 atom stereocenters. The summed E-state index contributed by atoms with van der Waals surface area (Å²) in [6.07, 6.45) is 2.86. The highest BCUT2D eigenvalue weighted by atomic mass is 32.2. The number of aryl methyl sites for hydroxylation is 1. The van der Waals surface area contributed by atoms with Crippen LogP contribution >= 0.6 is 11.8 Å². The highest BCUT2D eigenvalue weighted by molar-refractivity contribution is 7.99. The molecule has 8 nitrogen and oxygen atoms in total. The molecule has 0 aliphatic carbocycles. The van der Waals surface area contributed by atoms with E-state index in [0.717, 1.165) is 30.4 Å². The van der Waals surface area contributed by atoms with Crippen LogP contribution in [-0.4, -0.2) is 41.0 Å². The molecule has 0 radical (unpaired) electrons. The normalized spacial score (nSPS) is 16.3. The Hall–Kier alpha value is -2.69. The Kier molecular flexibility index (Phi) is 5.98. The Bertz CT molecular complexity index is 1370. The third-order valence-corrected chi connectivity index (χ3v) is 8.48. The van der Waals surface area contributed by atoms with Gasteiger partial charge >= 0.3 is 0 Å². The number of aromatic nitrogens is 3. The highest BCUT2D eigenvalue weighted by Gasteiger charge is 2.27. The van der Waals surface area contributed by atoms with Crippen LogP contribution < -0.4 is 0 Å². The highest BCUT2D eigenvalue weighted by Crippen LogP contribution is 2.36. The summed E-state index contributed by atoms with van der Waals surface area (Å²) in [5.41, 5.74) is 3.06. The zero-order chi connectivity index (χ0) is 23.0. The van der Waals surface area contributed by atoms with Crippen molar-refractivity contribution in [1.82, 2.24) is 19.5 Å². The average molecular weight is 485 g/mol. The van der Waals surface area contributed by atoms with Gasteiger partial charge in [-0.1, -0.05) is 35.9 Å². The second kappa shape index (κ2) is 8.92. The fourth-order valence-corrected chi connectivity index (χ4v) is 6.09. The van der Waals surface area contributed by atoms with Gasteiger partial charge in [0.15, 0.2) is 5.58 Å². The van der Waals surface area contributed by atoms with E-state index in [9.17, 15) is 8.42 Å². The number of piperidine rings is 1. The van der Waals surface area contributed by atoms with Crippen LogP contribution in [0.5, 0.6) is 0 Å². The van der Waals surface area contributed by atoms with Gasteiger partial charge in [-0.15, -0.1) is 10.2 Å². The second-order valence-electron chi connectivity index (χ2n) is 8.15. The number of benzene rings is 2. The summed E-state index contributed by atoms with van der Waals surface area (Å²) >= 11 is 1.34. The van der Waals surface area contributed by atoms with Crippen molar-refractivity contribution in [2.45, 2.75) is 48.5 Å². The largest absolute Gasteiger partial charge is 0.431 e. The molecule has 1 fully saturated rings. The number of fused-ring (bicyclic) bond motifs is 1. The van der Waals surface area contributed by atoms with E-state index in [1.807, 2.05) is 38.1 Å². The SMILES string of the molecule is Cc1ccc(-c2nnc([C@H](C)Sc3nc4cc(S(=O)(=O)N5CCCCC5)ccc4o3)o2)cc1. The second-order valence-corrected chi connectivity index (χ2v) is 11.4. The maximum Gasteiger partial charge on any atom is 0.257 e. The van der Waals surface area contributed by atoms with Crippen LogP contribution in [0.15, 0.2) is 61.4 Å². The first-order chi connectivity index (χ1) is 15.9. The number of thioether (sulfide) groups is 1. The third-order valence-electron chi connectivity index (χ3n) is 5.66. The van der Waals surface area contributed by atoms with Gasteiger partial charge < -0.3 is 8.83 Å². The number of hydrogen-bond donors (Lipinski definition) is 0. The molecule has 33 heavy (non-hydrogen) atoms. The van der Waals surface area contributed by atoms with E-state index in [1.54, 1.807) is 22.5 Å². The van der Waals surface area contributed by atoms with Crippen LogP contribution in [0.25, 0.3) is 22.6 Å². The smallest absolute Gasteiger partial charge is 0.257 e. The molecule has 2 aromatic carbocycles. The van der Waals surface area contributed by atoms with E-state index in [1.165, 1.54) is 11.8 Å². The van der Waals surface area contributed by atoms with E-state index in [4.69, 9.17) is 8.83 Å². The van der Waals surface area contributed by atoms with Crippen LogP contribution in [0.1, 0.15) is 42.9 Å². The van der Waals surface area contributed by atoms with Gasteiger partial charge in [0.2, 0.25) is 21.8 Å². The van der Waals surface area contributed by atoms with E-state index >= 15 is 0 Å². The molecule has 1 aliphatic heterocycles. The van der Waals surface area contributed by atoms with Crippen molar-refractivity contribution >= 4 is 32.9 Å². The quantitative estimate of drug-likeness (QED) is 0.344. The van der Waals surface area contributed by atoms with Crippen molar-refractivity contribution in [2.24, 2.45) is 0 Å². The topological polar surface area (TPSA) is 102 Å². The zero-order valence-electron chi connectivity index (χ0n) is 18.4. The predicted molar refractivity (Wildman–Crippen MR) is 125 cm³/mol. The van der Waals surface area contributed by atoms with Crippen molar-refractivity contribution in [3.8, 4) is 11.5 Å². The molecule has 0 amide bonds. The Morgan fingerprint density at radius 3 is 2.52 bits per heavy atom. The summed E-state index contributed by atoms with van der Waals surface area (Å²) in [7, 11) is -3.53. The van der Waals surface area contributed by atoms with Crippen molar-refractivity contribution < 1.29 is 17.3 Å². The Morgan fingerprint density at radius 1 is 1.00 bits per heavy atom. The number of hydrogen-bond acceptors (Lipinski definition) is 8. The summed E-state index contributed by atoms with van der Waals surface area (Å²) in [6, 6.07) is 12.7. The lowest BCUT2D eigenvalue weighted by molar-refractivity contribution is 0.346. The standard InChI is InChI=1S/C23H24N4O4S2/c1-15-6-8-17(9-7-15)22-26-25-21(31-22)16(2)32-23-24-19-14-18(10-11-20(19)30-23)33(28,29)27-12-4-3-5-13-27/h6-11,14,16H,3-5,12-13H2,1-2H3/t16-/m0/s1. The summed E-state index contributed by atoms with van der Waals surface area (Å²) < 4.78 is 39.2. The van der Waals surface area contributed by atoms with Crippen molar-refractivity contribution in [3.63, 3.8) is 0 Å². The molecule has 0 bridgehead atoms. The maximum atomic E-state index is 13.0. The first kappa shape index (κ1) is 22.1. The van der Waals surface area contributed by atoms with Crippen molar-refractivity contribution in [3.05, 3.63) is 53.9 Å². The molecule has 172 valence electrons. The molecule has 0 unspecified atom stereocenters. The van der Waals surface area contributed by atoms with Crippen LogP contribution in [-0.2, 0) is 10.0 Å². The lowest BCUT2D eigenvalue weighted by Crippen LogP contribution is -2.35. The minimum absolute atomic E-state index is 0.193. The summed E-state index contributed by atoms with van der Waals surface area (Å²) in [4.78, 5) is 4.74. The number of rotatable bonds is 6. The molecular formula is C23H24N4O4S2. The van der Waals surface area contributed by atoms with Crippen LogP contribution in [0.3, 0.4) is 0 Å². The van der Waals surface area contributed by atoms with Gasteiger partial charge in [-0.2, -0.15) is 4.31 Å². The van der Waals surface area contributed by atoms with Gasteiger partial charge in [-0.05, 0) is 57.0 Å². The van der Waals surface area contributed by atoms with Gasteiger partial charge in [0.25, 0.3) is 5.22 Å². The molecule has 1 saturated heterocycles. The van der Waals surface area contributed by atoms with Crippen molar-refractivity contribution in [2.75, 3.05) is 13.1 Å². The van der Waals surface area contributed by atoms with E-state index < -0.39 is 10.0 Å². The molecule has 4 aromatic rings. The molecule has 5 rings (SSSR count). The maximum absolute atomic E-state index is 13.0. The van der Waals surface area contributed by atoms with Crippen LogP contribution in [0.2, 0.25) is 0 Å². The van der Waals surface area contributed by atoms with Gasteiger partial charge in [0.1, 0.15) is 5.52 Å². The number of oxazole rings is 1. The zero-order valence-corrected chi connectivity index (χ0v) is 20.0. The predicted octanol–water partition coefficient (Wildman–Crippen LogP) is 5.21. The van der Waals surface area contributed by atoms with Crippen molar-refractivity contribution in [1.29, 1.82) is 0 Å². The van der Waals surface area contributed by atoms with E-state index in [2.05, 4.69) is 15.2 Å². The van der Waals surface area contributed by atoms with Gasteiger partial charge in [-0.3, -0.25) is 0 Å². The summed E-state index contributed by atoms with van der Waals surface area (Å²) in [5, 5.41) is 8.55. The van der Waals surface area contributed by atoms with Gasteiger partial charge in [0, 0.05) is 18.7 Å². The number of sulfonamides is 1. The van der Waals surface area contributed by atoms with E-state index in [0.29, 0.717) is 41.2 Å². The molecular weight excluding hydrogens is 460 g/mol. The fraction of sp³-hybridized carbons (Fsp3) is 0.348. The molecule has 0 spiro atoms. The lowest BCUT2D eigenvalue weighted by Gasteiger charge is -2.25. The minimum atomic E-state index is -3.53. The average Bonchev–Trinajstić information content (AvgIpc) is 3.46. The van der Waals surface area contributed by atoms with Gasteiger partial charge in [-0.25, -0.2) is 13.4 Å². The fourth-order valence-electron chi connectivity index (χ4n) is 3.76. The third kappa shape index (κ3) is 4.55. The Balaban J connectivity index is 1.34. The molecule has 1 aliphatic rings. The summed E-state index contributed by atoms with van der Waals surface area (Å²) in [5.74, 6) is 0.925. The van der Waals surface area contributed by atoms with Gasteiger partial charge in [0.05, 0.1) is 10.1 Å². The first-order valence-electron chi connectivity index (χ1n) is 10.9. The molecule has 0 N–H and O–H groups in total. The van der Waals surface area contributed by atoms with E-state index in [-0.39, 0.29) is 10.1 Å². The molecule has 3 heterocycles. The minimum Gasteiger partial charge on any atom is -0.431 e. The molecule has 2 aromatic heterocycles. The Morgan fingerprint density at radius 2 is 1.76 bits per heavy atom. The van der Waals surface area contributed by atoms with Crippen LogP contribution in [0, 0.1) is 6.92 Å². The number of nitrogens with zero attached hydrogens (tertiary/aromatic N) is 4. The molecule has 10 heteroatoms. The molecule has 0 saturated carbocycles. The van der Waals surface area contributed by atoms with Crippen LogP contribution in [0.4, 0.5) is 0 Å².